The molecular weight excluding hydrogens is 178 g/mol. The molecule has 0 spiro atoms. The van der Waals surface area contributed by atoms with Gasteiger partial charge in [-0.1, -0.05) is 0 Å². The molecule has 74 valence electrons. The average Bonchev–Trinajstić information content (AvgIpc) is 2.68. The smallest absolute Gasteiger partial charge is 0.314 e. The fraction of sp³-hybridized carbons (Fsp3) is 0.400. The highest BCUT2D eigenvalue weighted by atomic mass is 16.2. The van der Waals surface area contributed by atoms with Gasteiger partial charge in [-0.15, -0.1) is 0 Å². The van der Waals surface area contributed by atoms with E-state index in [0.29, 0.717) is 5.92 Å². The van der Waals surface area contributed by atoms with Gasteiger partial charge in [0.2, 0.25) is 0 Å². The standard InChI is InChI=1S/C10H13N3O/c11-10(14)13-6-3-9(7-13)8-1-4-12-5-2-8/h1-2,4-5,9H,3,6-7H2,(H2,11,14). The third-order valence-electron chi connectivity index (χ3n) is 2.68. The van der Waals surface area contributed by atoms with Gasteiger partial charge < -0.3 is 10.6 Å². The molecule has 1 aliphatic rings. The lowest BCUT2D eigenvalue weighted by molar-refractivity contribution is 0.218. The van der Waals surface area contributed by atoms with Crippen LogP contribution in [0.5, 0.6) is 0 Å². The molecule has 0 bridgehead atoms. The van der Waals surface area contributed by atoms with Gasteiger partial charge in [0.1, 0.15) is 0 Å². The summed E-state index contributed by atoms with van der Waals surface area (Å²) in [4.78, 5) is 16.6. The minimum absolute atomic E-state index is 0.318. The van der Waals surface area contributed by atoms with E-state index in [2.05, 4.69) is 4.98 Å². The van der Waals surface area contributed by atoms with Gasteiger partial charge in [0.05, 0.1) is 0 Å². The minimum Gasteiger partial charge on any atom is -0.351 e. The first-order chi connectivity index (χ1) is 6.77. The number of carbonyl (C=O) groups is 1. The van der Waals surface area contributed by atoms with E-state index in [1.807, 2.05) is 12.1 Å². The second kappa shape index (κ2) is 3.65. The van der Waals surface area contributed by atoms with Gasteiger partial charge in [-0.2, -0.15) is 0 Å². The van der Waals surface area contributed by atoms with Gasteiger partial charge in [-0.05, 0) is 24.1 Å². The van der Waals surface area contributed by atoms with Crippen LogP contribution in [0.25, 0.3) is 0 Å². The van der Waals surface area contributed by atoms with Crippen molar-refractivity contribution in [2.45, 2.75) is 12.3 Å². The van der Waals surface area contributed by atoms with E-state index in [1.54, 1.807) is 17.3 Å². The molecule has 1 atom stereocenters. The Morgan fingerprint density at radius 2 is 2.21 bits per heavy atom. The number of likely N-dealkylation sites (tertiary alicyclic amines) is 1. The topological polar surface area (TPSA) is 59.2 Å². The molecule has 2 rings (SSSR count). The van der Waals surface area contributed by atoms with Crippen LogP contribution < -0.4 is 5.73 Å². The number of pyridine rings is 1. The molecule has 1 unspecified atom stereocenters. The SMILES string of the molecule is NC(=O)N1CCC(c2ccncc2)C1. The van der Waals surface area contributed by atoms with Crippen LogP contribution in [0.2, 0.25) is 0 Å². The summed E-state index contributed by atoms with van der Waals surface area (Å²) >= 11 is 0. The van der Waals surface area contributed by atoms with Crippen LogP contribution in [-0.2, 0) is 0 Å². The van der Waals surface area contributed by atoms with Crippen molar-refractivity contribution in [3.05, 3.63) is 30.1 Å². The van der Waals surface area contributed by atoms with E-state index in [0.717, 1.165) is 19.5 Å². The third kappa shape index (κ3) is 1.69. The highest BCUT2D eigenvalue weighted by molar-refractivity contribution is 5.72. The molecule has 2 amide bonds. The van der Waals surface area contributed by atoms with E-state index in [9.17, 15) is 4.79 Å². The Balaban J connectivity index is 2.06. The molecule has 1 aromatic heterocycles. The fourth-order valence-electron chi connectivity index (χ4n) is 1.87. The van der Waals surface area contributed by atoms with Crippen LogP contribution in [-0.4, -0.2) is 29.0 Å². The van der Waals surface area contributed by atoms with E-state index < -0.39 is 0 Å². The van der Waals surface area contributed by atoms with Crippen molar-refractivity contribution < 1.29 is 4.79 Å². The largest absolute Gasteiger partial charge is 0.351 e. The van der Waals surface area contributed by atoms with Gasteiger partial charge in [0.25, 0.3) is 0 Å². The number of amides is 2. The average molecular weight is 191 g/mol. The molecule has 2 heterocycles. The maximum absolute atomic E-state index is 10.9. The molecule has 0 aromatic carbocycles. The van der Waals surface area contributed by atoms with Crippen LogP contribution >= 0.6 is 0 Å². The Hall–Kier alpha value is -1.58. The molecule has 1 fully saturated rings. The summed E-state index contributed by atoms with van der Waals surface area (Å²) in [6.07, 6.45) is 4.55. The number of hydrogen-bond donors (Lipinski definition) is 1. The Kier molecular flexibility index (Phi) is 2.35. The quantitative estimate of drug-likeness (QED) is 0.718. The maximum Gasteiger partial charge on any atom is 0.314 e. The first-order valence-electron chi connectivity index (χ1n) is 4.71. The normalized spacial score (nSPS) is 21.1. The Bertz CT molecular complexity index is 325. The number of nitrogens with zero attached hydrogens (tertiary/aromatic N) is 2. The Morgan fingerprint density at radius 3 is 2.79 bits per heavy atom. The van der Waals surface area contributed by atoms with Crippen LogP contribution in [0.1, 0.15) is 17.9 Å². The van der Waals surface area contributed by atoms with Crippen molar-refractivity contribution in [2.75, 3.05) is 13.1 Å². The summed E-state index contributed by atoms with van der Waals surface area (Å²) in [6.45, 7) is 1.50. The van der Waals surface area contributed by atoms with Crippen molar-refractivity contribution in [3.8, 4) is 0 Å². The molecule has 2 N–H and O–H groups in total. The van der Waals surface area contributed by atoms with E-state index in [1.165, 1.54) is 5.56 Å². The number of hydrogen-bond acceptors (Lipinski definition) is 2. The monoisotopic (exact) mass is 191 g/mol. The Morgan fingerprint density at radius 1 is 1.50 bits per heavy atom. The van der Waals surface area contributed by atoms with Gasteiger partial charge in [-0.3, -0.25) is 4.98 Å². The number of nitrogens with two attached hydrogens (primary N) is 1. The summed E-state index contributed by atoms with van der Waals surface area (Å²) in [5, 5.41) is 0. The lowest BCUT2D eigenvalue weighted by Crippen LogP contribution is -2.33. The number of rotatable bonds is 1. The molecular formula is C10H13N3O. The number of urea groups is 1. The lowest BCUT2D eigenvalue weighted by atomic mass is 10.00. The summed E-state index contributed by atoms with van der Waals surface area (Å²) in [7, 11) is 0. The molecule has 0 aliphatic carbocycles. The number of carbonyl (C=O) groups excluding carboxylic acids is 1. The van der Waals surface area contributed by atoms with Crippen LogP contribution in [0.3, 0.4) is 0 Å². The second-order valence-electron chi connectivity index (χ2n) is 3.55. The minimum atomic E-state index is -0.318. The molecule has 14 heavy (non-hydrogen) atoms. The molecule has 0 saturated carbocycles. The fourth-order valence-corrected chi connectivity index (χ4v) is 1.87. The van der Waals surface area contributed by atoms with Crippen LogP contribution in [0, 0.1) is 0 Å². The maximum atomic E-state index is 10.9. The summed E-state index contributed by atoms with van der Waals surface area (Å²) in [5.74, 6) is 0.422. The number of aromatic nitrogens is 1. The first-order valence-corrected chi connectivity index (χ1v) is 4.71. The molecule has 1 saturated heterocycles. The highest BCUT2D eigenvalue weighted by Crippen LogP contribution is 2.26. The molecule has 1 aromatic rings. The van der Waals surface area contributed by atoms with Crippen LogP contribution in [0.4, 0.5) is 4.79 Å². The van der Waals surface area contributed by atoms with Crippen molar-refractivity contribution in [3.63, 3.8) is 0 Å². The van der Waals surface area contributed by atoms with Gasteiger partial charge in [-0.25, -0.2) is 4.79 Å². The second-order valence-corrected chi connectivity index (χ2v) is 3.55. The molecule has 0 radical (unpaired) electrons. The van der Waals surface area contributed by atoms with Crippen molar-refractivity contribution in [2.24, 2.45) is 5.73 Å². The third-order valence-corrected chi connectivity index (χ3v) is 2.68. The summed E-state index contributed by atoms with van der Waals surface area (Å²) in [5.41, 5.74) is 6.45. The highest BCUT2D eigenvalue weighted by Gasteiger charge is 2.25. The molecule has 1 aliphatic heterocycles. The van der Waals surface area contributed by atoms with Gasteiger partial charge >= 0.3 is 6.03 Å². The van der Waals surface area contributed by atoms with Crippen molar-refractivity contribution in [1.82, 2.24) is 9.88 Å². The van der Waals surface area contributed by atoms with E-state index in [-0.39, 0.29) is 6.03 Å². The van der Waals surface area contributed by atoms with Gasteiger partial charge in [0.15, 0.2) is 0 Å². The van der Waals surface area contributed by atoms with Gasteiger partial charge in [0, 0.05) is 31.4 Å². The number of primary amides is 1. The predicted octanol–water partition coefficient (Wildman–Crippen LogP) is 0.950. The zero-order chi connectivity index (χ0) is 9.97. The Labute approximate surface area is 82.7 Å². The summed E-state index contributed by atoms with van der Waals surface area (Å²) < 4.78 is 0. The van der Waals surface area contributed by atoms with Crippen LogP contribution in [0.15, 0.2) is 24.5 Å². The van der Waals surface area contributed by atoms with E-state index >= 15 is 0 Å². The first kappa shape index (κ1) is 8.99. The van der Waals surface area contributed by atoms with E-state index in [4.69, 9.17) is 5.73 Å². The zero-order valence-electron chi connectivity index (χ0n) is 7.89. The zero-order valence-corrected chi connectivity index (χ0v) is 7.89. The lowest BCUT2D eigenvalue weighted by Gasteiger charge is -2.13. The van der Waals surface area contributed by atoms with Crippen molar-refractivity contribution >= 4 is 6.03 Å². The molecule has 4 heteroatoms. The predicted molar refractivity (Wildman–Crippen MR) is 52.8 cm³/mol. The van der Waals surface area contributed by atoms with Crippen molar-refractivity contribution in [1.29, 1.82) is 0 Å². The summed E-state index contributed by atoms with van der Waals surface area (Å²) in [6, 6.07) is 3.67. The molecule has 4 nitrogen and oxygen atoms in total.